The van der Waals surface area contributed by atoms with Crippen LogP contribution in [0.3, 0.4) is 0 Å². The molecule has 0 aromatic heterocycles. The first-order valence-electron chi connectivity index (χ1n) is 6.80. The number of phenols is 3. The summed E-state index contributed by atoms with van der Waals surface area (Å²) in [5, 5.41) is 27.9. The predicted molar refractivity (Wildman–Crippen MR) is 73.5 cm³/mol. The number of benzene rings is 1. The Hall–Kier alpha value is -1.71. The lowest BCUT2D eigenvalue weighted by molar-refractivity contribution is -0.118. The molecule has 0 amide bonds. The molecule has 0 spiro atoms. The first-order chi connectivity index (χ1) is 9.04. The van der Waals surface area contributed by atoms with Gasteiger partial charge in [0.25, 0.3) is 0 Å². The van der Waals surface area contributed by atoms with E-state index in [1.807, 2.05) is 0 Å². The molecule has 0 aliphatic heterocycles. The second-order valence-corrected chi connectivity index (χ2v) is 4.86. The van der Waals surface area contributed by atoms with E-state index >= 15 is 0 Å². The highest BCUT2D eigenvalue weighted by Gasteiger charge is 2.10. The molecule has 4 heteroatoms. The second kappa shape index (κ2) is 7.67. The van der Waals surface area contributed by atoms with Crippen LogP contribution in [0.1, 0.15) is 51.0 Å². The van der Waals surface area contributed by atoms with Gasteiger partial charge in [0.05, 0.1) is 0 Å². The average molecular weight is 266 g/mol. The zero-order chi connectivity index (χ0) is 14.3. The van der Waals surface area contributed by atoms with Crippen LogP contribution in [0.5, 0.6) is 17.2 Å². The van der Waals surface area contributed by atoms with Crippen molar-refractivity contribution in [3.05, 3.63) is 17.7 Å². The van der Waals surface area contributed by atoms with E-state index in [9.17, 15) is 20.1 Å². The lowest BCUT2D eigenvalue weighted by atomic mass is 10.0. The van der Waals surface area contributed by atoms with Crippen LogP contribution in [0.2, 0.25) is 0 Å². The Bertz CT molecular complexity index is 403. The van der Waals surface area contributed by atoms with Crippen molar-refractivity contribution in [2.45, 2.75) is 51.9 Å². The molecule has 1 rings (SSSR count). The average Bonchev–Trinajstić information content (AvgIpc) is 2.35. The molecule has 0 heterocycles. The summed E-state index contributed by atoms with van der Waals surface area (Å²) >= 11 is 0. The molecule has 0 radical (unpaired) electrons. The lowest BCUT2D eigenvalue weighted by Crippen LogP contribution is -2.02. The molecule has 0 aliphatic carbocycles. The Morgan fingerprint density at radius 3 is 2.16 bits per heavy atom. The molecular weight excluding hydrogens is 244 g/mol. The third-order valence-electron chi connectivity index (χ3n) is 3.09. The number of aromatic hydroxyl groups is 3. The minimum absolute atomic E-state index is 0.0842. The molecule has 4 nitrogen and oxygen atoms in total. The molecule has 0 bridgehead atoms. The number of ketones is 1. The van der Waals surface area contributed by atoms with Gasteiger partial charge in [-0.15, -0.1) is 0 Å². The van der Waals surface area contributed by atoms with E-state index in [0.29, 0.717) is 12.0 Å². The van der Waals surface area contributed by atoms with Crippen molar-refractivity contribution in [2.24, 2.45) is 0 Å². The molecule has 0 atom stereocenters. The van der Waals surface area contributed by atoms with Crippen LogP contribution in [0.25, 0.3) is 0 Å². The Morgan fingerprint density at radius 1 is 1.00 bits per heavy atom. The van der Waals surface area contributed by atoms with E-state index in [1.54, 1.807) is 0 Å². The third-order valence-corrected chi connectivity index (χ3v) is 3.09. The number of phenolic OH excluding ortho intramolecular Hbond substituents is 3. The van der Waals surface area contributed by atoms with Crippen molar-refractivity contribution in [3.8, 4) is 17.2 Å². The quantitative estimate of drug-likeness (QED) is 0.498. The van der Waals surface area contributed by atoms with Gasteiger partial charge in [0.1, 0.15) is 5.78 Å². The van der Waals surface area contributed by atoms with Crippen LogP contribution < -0.4 is 0 Å². The van der Waals surface area contributed by atoms with Crippen LogP contribution in [0, 0.1) is 0 Å². The summed E-state index contributed by atoms with van der Waals surface area (Å²) < 4.78 is 0. The lowest BCUT2D eigenvalue weighted by Gasteiger charge is -2.05. The molecule has 19 heavy (non-hydrogen) atoms. The van der Waals surface area contributed by atoms with Crippen molar-refractivity contribution in [2.75, 3.05) is 0 Å². The van der Waals surface area contributed by atoms with Crippen molar-refractivity contribution in [3.63, 3.8) is 0 Å². The topological polar surface area (TPSA) is 77.8 Å². The van der Waals surface area contributed by atoms with Gasteiger partial charge in [-0.1, -0.05) is 32.6 Å². The molecule has 0 aliphatic rings. The zero-order valence-corrected chi connectivity index (χ0v) is 11.4. The number of hydrogen-bond acceptors (Lipinski definition) is 4. The van der Waals surface area contributed by atoms with E-state index in [0.717, 1.165) is 19.3 Å². The van der Waals surface area contributed by atoms with Gasteiger partial charge in [-0.05, 0) is 24.1 Å². The minimum Gasteiger partial charge on any atom is -0.504 e. The van der Waals surface area contributed by atoms with E-state index < -0.39 is 17.2 Å². The van der Waals surface area contributed by atoms with Crippen LogP contribution >= 0.6 is 0 Å². The summed E-state index contributed by atoms with van der Waals surface area (Å²) in [5.74, 6) is -1.26. The normalized spacial score (nSPS) is 10.6. The van der Waals surface area contributed by atoms with Crippen molar-refractivity contribution in [1.82, 2.24) is 0 Å². The van der Waals surface area contributed by atoms with E-state index in [-0.39, 0.29) is 12.2 Å². The zero-order valence-electron chi connectivity index (χ0n) is 11.4. The molecule has 1 aromatic carbocycles. The first-order valence-corrected chi connectivity index (χ1v) is 6.80. The van der Waals surface area contributed by atoms with E-state index in [2.05, 4.69) is 6.92 Å². The summed E-state index contributed by atoms with van der Waals surface area (Å²) in [6, 6.07) is 2.62. The molecular formula is C15H22O4. The fourth-order valence-corrected chi connectivity index (χ4v) is 2.00. The maximum absolute atomic E-state index is 11.7. The van der Waals surface area contributed by atoms with E-state index in [4.69, 9.17) is 0 Å². The van der Waals surface area contributed by atoms with Gasteiger partial charge in [-0.2, -0.15) is 0 Å². The van der Waals surface area contributed by atoms with Crippen LogP contribution in [-0.4, -0.2) is 21.1 Å². The fraction of sp³-hybridized carbons (Fsp3) is 0.533. The molecule has 0 unspecified atom stereocenters. The smallest absolute Gasteiger partial charge is 0.200 e. The van der Waals surface area contributed by atoms with Crippen molar-refractivity contribution < 1.29 is 20.1 Å². The number of unbranched alkanes of at least 4 members (excludes halogenated alkanes) is 4. The maximum Gasteiger partial charge on any atom is 0.200 e. The van der Waals surface area contributed by atoms with Gasteiger partial charge in [0, 0.05) is 12.8 Å². The summed E-state index contributed by atoms with van der Waals surface area (Å²) in [5.41, 5.74) is 0.520. The largest absolute Gasteiger partial charge is 0.504 e. The Morgan fingerprint density at radius 2 is 1.58 bits per heavy atom. The number of hydrogen-bond donors (Lipinski definition) is 3. The Balaban J connectivity index is 2.40. The highest BCUT2D eigenvalue weighted by Crippen LogP contribution is 2.35. The summed E-state index contributed by atoms with van der Waals surface area (Å²) in [7, 11) is 0. The molecule has 1 aromatic rings. The molecule has 0 fully saturated rings. The van der Waals surface area contributed by atoms with Gasteiger partial charge in [0.2, 0.25) is 0 Å². The predicted octanol–water partition coefficient (Wildman–Crippen LogP) is 3.28. The molecule has 0 saturated carbocycles. The summed E-state index contributed by atoms with van der Waals surface area (Å²) in [6.07, 6.45) is 6.18. The number of carbonyl (C=O) groups is 1. The second-order valence-electron chi connectivity index (χ2n) is 4.86. The molecule has 3 N–H and O–H groups in total. The van der Waals surface area contributed by atoms with Gasteiger partial charge < -0.3 is 15.3 Å². The van der Waals surface area contributed by atoms with Gasteiger partial charge >= 0.3 is 0 Å². The standard InChI is InChI=1S/C15H22O4/c1-2-3-4-5-6-7-12(16)8-11-9-13(17)15(19)14(18)10-11/h9-10,17-19H,2-8H2,1H3. The van der Waals surface area contributed by atoms with Crippen LogP contribution in [-0.2, 0) is 11.2 Å². The third kappa shape index (κ3) is 5.20. The number of Topliss-reactive ketones (excluding diaryl/α,β-unsaturated/α-hetero) is 1. The fourth-order valence-electron chi connectivity index (χ4n) is 2.00. The number of carbonyl (C=O) groups excluding carboxylic acids is 1. The maximum atomic E-state index is 11.7. The van der Waals surface area contributed by atoms with Gasteiger partial charge in [0.15, 0.2) is 17.2 Å². The van der Waals surface area contributed by atoms with Crippen LogP contribution in [0.15, 0.2) is 12.1 Å². The Kier molecular flexibility index (Phi) is 6.19. The first kappa shape index (κ1) is 15.3. The SMILES string of the molecule is CCCCCCCC(=O)Cc1cc(O)c(O)c(O)c1. The number of rotatable bonds is 8. The molecule has 0 saturated heterocycles. The highest BCUT2D eigenvalue weighted by molar-refractivity contribution is 5.81. The van der Waals surface area contributed by atoms with E-state index in [1.165, 1.54) is 25.0 Å². The van der Waals surface area contributed by atoms with Crippen molar-refractivity contribution >= 4 is 5.78 Å². The van der Waals surface area contributed by atoms with Gasteiger partial charge in [-0.25, -0.2) is 0 Å². The van der Waals surface area contributed by atoms with Crippen molar-refractivity contribution in [1.29, 1.82) is 0 Å². The Labute approximate surface area is 113 Å². The minimum atomic E-state index is -0.546. The van der Waals surface area contributed by atoms with Crippen LogP contribution in [0.4, 0.5) is 0 Å². The summed E-state index contributed by atoms with van der Waals surface area (Å²) in [4.78, 5) is 11.7. The van der Waals surface area contributed by atoms with Gasteiger partial charge in [-0.3, -0.25) is 4.79 Å². The monoisotopic (exact) mass is 266 g/mol. The molecule has 106 valence electrons. The summed E-state index contributed by atoms with van der Waals surface area (Å²) in [6.45, 7) is 2.15. The highest BCUT2D eigenvalue weighted by atomic mass is 16.3.